The maximum Gasteiger partial charge on any atom is 0.237 e. The molecule has 5 nitrogen and oxygen atoms in total. The van der Waals surface area contributed by atoms with Gasteiger partial charge >= 0.3 is 0 Å². The van der Waals surface area contributed by atoms with Crippen LogP contribution in [-0.2, 0) is 14.8 Å². The average Bonchev–Trinajstić information content (AvgIpc) is 2.56. The van der Waals surface area contributed by atoms with Crippen LogP contribution in [-0.4, -0.2) is 27.1 Å². The van der Waals surface area contributed by atoms with Gasteiger partial charge in [0.2, 0.25) is 15.9 Å². The summed E-state index contributed by atoms with van der Waals surface area (Å²) in [6.07, 6.45) is 0. The number of aryl methyl sites for hydroxylation is 2. The minimum atomic E-state index is -3.61. The van der Waals surface area contributed by atoms with Crippen molar-refractivity contribution in [3.63, 3.8) is 0 Å². The summed E-state index contributed by atoms with van der Waals surface area (Å²) in [5.41, 5.74) is 4.09. The van der Waals surface area contributed by atoms with Gasteiger partial charge in [-0.1, -0.05) is 48.5 Å². The largest absolute Gasteiger partial charge is 0.344 e. The molecule has 0 heterocycles. The van der Waals surface area contributed by atoms with Gasteiger partial charge in [-0.05, 0) is 43.1 Å². The van der Waals surface area contributed by atoms with E-state index in [1.54, 1.807) is 0 Å². The lowest BCUT2D eigenvalue weighted by Crippen LogP contribution is -2.37. The van der Waals surface area contributed by atoms with Crippen LogP contribution in [0.2, 0.25) is 0 Å². The smallest absolute Gasteiger partial charge is 0.237 e. The van der Waals surface area contributed by atoms with Gasteiger partial charge in [0.15, 0.2) is 0 Å². The molecule has 2 N–H and O–H groups in total. The second-order valence-electron chi connectivity index (χ2n) is 5.72. The zero-order valence-corrected chi connectivity index (χ0v) is 14.9. The zero-order chi connectivity index (χ0) is 17.7. The number of benzene rings is 2. The third kappa shape index (κ3) is 4.66. The van der Waals surface area contributed by atoms with E-state index >= 15 is 0 Å². The Labute approximate surface area is 143 Å². The van der Waals surface area contributed by atoms with Crippen LogP contribution < -0.4 is 10.0 Å². The maximum absolute atomic E-state index is 12.2. The van der Waals surface area contributed by atoms with Crippen molar-refractivity contribution in [2.45, 2.75) is 19.9 Å². The first-order chi connectivity index (χ1) is 11.3. The highest BCUT2D eigenvalue weighted by atomic mass is 32.2. The Balaban J connectivity index is 2.34. The Morgan fingerprint density at radius 2 is 1.67 bits per heavy atom. The summed E-state index contributed by atoms with van der Waals surface area (Å²) in [6, 6.07) is 15.1. The lowest BCUT2D eigenvalue weighted by molar-refractivity contribution is -0.119. The van der Waals surface area contributed by atoms with Gasteiger partial charge in [0.05, 0.1) is 6.04 Å². The van der Waals surface area contributed by atoms with E-state index in [4.69, 9.17) is 0 Å². The number of hydrogen-bond acceptors (Lipinski definition) is 3. The number of carbonyl (C=O) groups is 1. The molecular weight excluding hydrogens is 324 g/mol. The van der Waals surface area contributed by atoms with E-state index in [0.717, 1.165) is 22.3 Å². The van der Waals surface area contributed by atoms with Crippen molar-refractivity contribution in [2.75, 3.05) is 12.8 Å². The number of carbonyl (C=O) groups excluding carboxylic acids is 1. The SMILES string of the molecule is CNS(=O)(=O)CC(=O)N[C@H](c1ccccc1)c1ccc(C)c(C)c1. The Morgan fingerprint density at radius 1 is 1.00 bits per heavy atom. The first-order valence-electron chi connectivity index (χ1n) is 7.65. The highest BCUT2D eigenvalue weighted by Crippen LogP contribution is 2.24. The second kappa shape index (κ2) is 7.59. The zero-order valence-electron chi connectivity index (χ0n) is 14.0. The highest BCUT2D eigenvalue weighted by molar-refractivity contribution is 7.90. The van der Waals surface area contributed by atoms with Gasteiger partial charge in [0, 0.05) is 0 Å². The molecule has 0 aromatic heterocycles. The second-order valence-corrected chi connectivity index (χ2v) is 7.64. The molecule has 128 valence electrons. The van der Waals surface area contributed by atoms with Gasteiger partial charge in [0.25, 0.3) is 0 Å². The Kier molecular flexibility index (Phi) is 5.75. The van der Waals surface area contributed by atoms with Crippen LogP contribution in [0.3, 0.4) is 0 Å². The first-order valence-corrected chi connectivity index (χ1v) is 9.30. The van der Waals surface area contributed by atoms with Crippen LogP contribution in [0.5, 0.6) is 0 Å². The van der Waals surface area contributed by atoms with Crippen molar-refractivity contribution in [3.05, 3.63) is 70.8 Å². The third-order valence-electron chi connectivity index (χ3n) is 3.93. The highest BCUT2D eigenvalue weighted by Gasteiger charge is 2.21. The van der Waals surface area contributed by atoms with Crippen LogP contribution in [0.1, 0.15) is 28.3 Å². The molecule has 2 aromatic carbocycles. The quantitative estimate of drug-likeness (QED) is 0.841. The van der Waals surface area contributed by atoms with Crippen LogP contribution in [0.25, 0.3) is 0 Å². The van der Waals surface area contributed by atoms with Crippen LogP contribution in [0.4, 0.5) is 0 Å². The summed E-state index contributed by atoms with van der Waals surface area (Å²) in [5, 5.41) is 2.83. The number of nitrogens with one attached hydrogen (secondary N) is 2. The van der Waals surface area contributed by atoms with E-state index < -0.39 is 27.7 Å². The lowest BCUT2D eigenvalue weighted by atomic mass is 9.95. The Morgan fingerprint density at radius 3 is 2.25 bits per heavy atom. The van der Waals surface area contributed by atoms with Gasteiger partial charge in [-0.3, -0.25) is 4.79 Å². The molecule has 0 radical (unpaired) electrons. The molecule has 0 unspecified atom stereocenters. The van der Waals surface area contributed by atoms with E-state index in [2.05, 4.69) is 10.0 Å². The van der Waals surface area contributed by atoms with Crippen molar-refractivity contribution in [1.82, 2.24) is 10.0 Å². The lowest BCUT2D eigenvalue weighted by Gasteiger charge is -2.21. The standard InChI is InChI=1S/C18H22N2O3S/c1-13-9-10-16(11-14(13)2)18(15-7-5-4-6-8-15)20-17(21)12-24(22,23)19-3/h4-11,18-19H,12H2,1-3H3,(H,20,21)/t18-/m1/s1. The molecule has 0 aliphatic rings. The summed E-state index contributed by atoms with van der Waals surface area (Å²) in [4.78, 5) is 12.2. The fourth-order valence-electron chi connectivity index (χ4n) is 2.40. The number of amides is 1. The average molecular weight is 346 g/mol. The Bertz CT molecular complexity index is 817. The molecule has 2 rings (SSSR count). The molecule has 1 atom stereocenters. The molecule has 0 bridgehead atoms. The van der Waals surface area contributed by atoms with Crippen LogP contribution in [0, 0.1) is 13.8 Å². The number of rotatable bonds is 6. The molecule has 0 spiro atoms. The molecule has 0 aliphatic carbocycles. The van der Waals surface area contributed by atoms with Crippen LogP contribution >= 0.6 is 0 Å². The summed E-state index contributed by atoms with van der Waals surface area (Å²) in [6.45, 7) is 4.03. The molecule has 1 amide bonds. The normalized spacial score (nSPS) is 12.6. The minimum absolute atomic E-state index is 0.398. The third-order valence-corrected chi connectivity index (χ3v) is 5.20. The van der Waals surface area contributed by atoms with Crippen molar-refractivity contribution in [3.8, 4) is 0 Å². The van der Waals surface area contributed by atoms with Crippen molar-refractivity contribution < 1.29 is 13.2 Å². The monoisotopic (exact) mass is 346 g/mol. The van der Waals surface area contributed by atoms with Gasteiger partial charge in [0.1, 0.15) is 5.75 Å². The summed E-state index contributed by atoms with van der Waals surface area (Å²) < 4.78 is 25.3. The summed E-state index contributed by atoms with van der Waals surface area (Å²) in [7, 11) is -2.31. The summed E-state index contributed by atoms with van der Waals surface area (Å²) >= 11 is 0. The number of sulfonamides is 1. The summed E-state index contributed by atoms with van der Waals surface area (Å²) in [5.74, 6) is -1.14. The molecule has 0 fully saturated rings. The molecule has 2 aromatic rings. The fourth-order valence-corrected chi connectivity index (χ4v) is 2.97. The van der Waals surface area contributed by atoms with E-state index in [1.807, 2.05) is 62.4 Å². The molecular formula is C18H22N2O3S. The van der Waals surface area contributed by atoms with Gasteiger partial charge in [-0.25, -0.2) is 13.1 Å². The van der Waals surface area contributed by atoms with Gasteiger partial charge in [-0.15, -0.1) is 0 Å². The van der Waals surface area contributed by atoms with Crippen molar-refractivity contribution in [2.24, 2.45) is 0 Å². The van der Waals surface area contributed by atoms with E-state index in [1.165, 1.54) is 7.05 Å². The van der Waals surface area contributed by atoms with E-state index in [-0.39, 0.29) is 0 Å². The predicted octanol–water partition coefficient (Wildman–Crippen LogP) is 2.06. The molecule has 24 heavy (non-hydrogen) atoms. The molecule has 6 heteroatoms. The van der Waals surface area contributed by atoms with E-state index in [0.29, 0.717) is 0 Å². The predicted molar refractivity (Wildman–Crippen MR) is 95.2 cm³/mol. The van der Waals surface area contributed by atoms with Crippen LogP contribution in [0.15, 0.2) is 48.5 Å². The molecule has 0 saturated carbocycles. The van der Waals surface area contributed by atoms with Crippen molar-refractivity contribution >= 4 is 15.9 Å². The Hall–Kier alpha value is -2.18. The first kappa shape index (κ1) is 18.2. The maximum atomic E-state index is 12.2. The minimum Gasteiger partial charge on any atom is -0.344 e. The van der Waals surface area contributed by atoms with Gasteiger partial charge < -0.3 is 5.32 Å². The molecule has 0 saturated heterocycles. The molecule has 0 aliphatic heterocycles. The number of hydrogen-bond donors (Lipinski definition) is 2. The fraction of sp³-hybridized carbons (Fsp3) is 0.278. The van der Waals surface area contributed by atoms with E-state index in [9.17, 15) is 13.2 Å². The van der Waals surface area contributed by atoms with Gasteiger partial charge in [-0.2, -0.15) is 0 Å². The van der Waals surface area contributed by atoms with Crippen molar-refractivity contribution in [1.29, 1.82) is 0 Å². The topological polar surface area (TPSA) is 75.3 Å².